The van der Waals surface area contributed by atoms with Crippen LogP contribution in [0.4, 0.5) is 0 Å². The Morgan fingerprint density at radius 3 is 1.45 bits per heavy atom. The van der Waals surface area contributed by atoms with Gasteiger partial charge in [-0.3, -0.25) is 9.05 Å². The first-order valence-corrected chi connectivity index (χ1v) is 18.5. The third kappa shape index (κ3) is 4.99. The minimum Gasteiger partial charge on any atom is -0.601 e. The van der Waals surface area contributed by atoms with Gasteiger partial charge in [0.2, 0.25) is 0 Å². The largest absolute Gasteiger partial charge is 0.601 e. The van der Waals surface area contributed by atoms with E-state index in [1.165, 1.54) is 0 Å². The minimum absolute atomic E-state index is 0.443. The van der Waals surface area contributed by atoms with Crippen molar-refractivity contribution in [3.63, 3.8) is 0 Å². The second-order valence-corrected chi connectivity index (χ2v) is 14.6. The van der Waals surface area contributed by atoms with Gasteiger partial charge < -0.3 is 4.89 Å². The molecule has 4 heterocycles. The van der Waals surface area contributed by atoms with E-state index in [0.29, 0.717) is 47.1 Å². The van der Waals surface area contributed by atoms with E-state index in [-0.39, 0.29) is 0 Å². The number of fused-ring (bicyclic) bond motifs is 7. The molecular formula is C40H30N7O3P. The monoisotopic (exact) mass is 687 g/mol. The molecule has 0 N–H and O–H groups in total. The van der Waals surface area contributed by atoms with E-state index >= 15 is 4.89 Å². The van der Waals surface area contributed by atoms with Crippen molar-refractivity contribution in [1.29, 1.82) is 0 Å². The summed E-state index contributed by atoms with van der Waals surface area (Å²) in [6, 6.07) is 40.1. The zero-order valence-corrected chi connectivity index (χ0v) is 28.2. The Morgan fingerprint density at radius 1 is 0.549 bits per heavy atom. The van der Waals surface area contributed by atoms with Crippen molar-refractivity contribution >= 4 is 29.6 Å². The van der Waals surface area contributed by atoms with Gasteiger partial charge in [-0.2, -0.15) is 0 Å². The quantitative estimate of drug-likeness (QED) is 0.167. The van der Waals surface area contributed by atoms with E-state index in [1.807, 2.05) is 114 Å². The van der Waals surface area contributed by atoms with Crippen molar-refractivity contribution in [3.8, 4) is 56.5 Å². The van der Waals surface area contributed by atoms with Crippen LogP contribution < -0.4 is 13.9 Å². The summed E-state index contributed by atoms with van der Waals surface area (Å²) in [5.41, 5.74) is 5.82. The Labute approximate surface area is 293 Å². The molecule has 248 valence electrons. The summed E-state index contributed by atoms with van der Waals surface area (Å²) in [6.45, 7) is 1.17. The fraction of sp³-hybridized carbons (Fsp3) is 0.100. The molecule has 1 fully saturated rings. The van der Waals surface area contributed by atoms with Crippen LogP contribution in [0.25, 0.3) is 66.6 Å². The first kappa shape index (κ1) is 29.9. The molecule has 0 atom stereocenters. The van der Waals surface area contributed by atoms with Crippen molar-refractivity contribution in [2.45, 2.75) is 12.8 Å². The van der Waals surface area contributed by atoms with Crippen LogP contribution in [0.5, 0.6) is 11.5 Å². The van der Waals surface area contributed by atoms with Gasteiger partial charge in [0.05, 0.1) is 34.9 Å². The summed E-state index contributed by atoms with van der Waals surface area (Å²) in [5, 5.41) is 22.1. The van der Waals surface area contributed by atoms with E-state index in [4.69, 9.17) is 9.05 Å². The van der Waals surface area contributed by atoms with E-state index in [9.17, 15) is 0 Å². The zero-order valence-electron chi connectivity index (χ0n) is 27.3. The molecule has 0 radical (unpaired) electrons. The molecule has 6 aromatic carbocycles. The van der Waals surface area contributed by atoms with Crippen LogP contribution in [-0.2, 0) is 0 Å². The van der Waals surface area contributed by atoms with Crippen LogP contribution in [0.15, 0.2) is 134 Å². The summed E-state index contributed by atoms with van der Waals surface area (Å²) in [5.74, 6) is 0.885. The fourth-order valence-corrected chi connectivity index (χ4v) is 9.10. The SMILES string of the molecule is [O-][P+]1(N2CCCC2)Oc2c(-c3cn(-c4ccccc4)nn3)cc3ccccc3c2-c2c(c(-c3cn(-c4ccccc4)nn3)cc3ccccc23)O1. The third-order valence-corrected chi connectivity index (χ3v) is 11.6. The molecule has 0 spiro atoms. The number of rotatable bonds is 5. The molecule has 10 nitrogen and oxygen atoms in total. The van der Waals surface area contributed by atoms with Crippen molar-refractivity contribution < 1.29 is 13.9 Å². The van der Waals surface area contributed by atoms with Crippen molar-refractivity contribution in [1.82, 2.24) is 34.7 Å². The zero-order chi connectivity index (χ0) is 33.9. The Hall–Kier alpha value is -5.93. The standard InChI is InChI=1S/C40H30N7O3P/c48-51(45-21-11-12-22-45)49-39-33(35-25-46(43-41-35)29-15-3-1-4-16-29)23-27-13-7-9-19-31(27)37(39)38-32-20-10-8-14-28(32)24-34(40(38)50-51)36-26-47(44-42-36)30-17-5-2-6-18-30/h1-10,13-20,23-26H,11-12,21-22H2. The van der Waals surface area contributed by atoms with Crippen LogP contribution in [0.2, 0.25) is 0 Å². The molecule has 51 heavy (non-hydrogen) atoms. The summed E-state index contributed by atoms with van der Waals surface area (Å²) in [7, 11) is -4.00. The molecule has 1 saturated heterocycles. The number of benzene rings is 6. The molecule has 0 saturated carbocycles. The molecule has 2 aliphatic rings. The molecule has 0 unspecified atom stereocenters. The van der Waals surface area contributed by atoms with Crippen LogP contribution >= 0.6 is 8.09 Å². The Morgan fingerprint density at radius 2 is 0.980 bits per heavy atom. The Kier molecular flexibility index (Phi) is 6.95. The Bertz CT molecular complexity index is 2410. The van der Waals surface area contributed by atoms with Gasteiger partial charge in [-0.25, -0.2) is 9.36 Å². The van der Waals surface area contributed by atoms with Gasteiger partial charge >= 0.3 is 8.09 Å². The lowest BCUT2D eigenvalue weighted by molar-refractivity contribution is -0.216. The normalized spacial score (nSPS) is 15.2. The summed E-state index contributed by atoms with van der Waals surface area (Å²) < 4.78 is 19.1. The fourth-order valence-electron chi connectivity index (χ4n) is 7.22. The Balaban J connectivity index is 1.29. The summed E-state index contributed by atoms with van der Waals surface area (Å²) in [6.07, 6.45) is 5.55. The smallest absolute Gasteiger partial charge is 0.411 e. The minimum atomic E-state index is -4.00. The van der Waals surface area contributed by atoms with Gasteiger partial charge in [-0.05, 0) is 70.8 Å². The first-order chi connectivity index (χ1) is 25.1. The van der Waals surface area contributed by atoms with Crippen molar-refractivity contribution in [2.75, 3.05) is 13.1 Å². The third-order valence-electron chi connectivity index (χ3n) is 9.68. The van der Waals surface area contributed by atoms with E-state index in [2.05, 4.69) is 44.9 Å². The first-order valence-electron chi connectivity index (χ1n) is 17.0. The van der Waals surface area contributed by atoms with Crippen LogP contribution in [0.3, 0.4) is 0 Å². The maximum atomic E-state index is 15.5. The molecule has 0 aliphatic carbocycles. The number of nitrogens with zero attached hydrogens (tertiary/aromatic N) is 7. The van der Waals surface area contributed by atoms with Gasteiger partial charge in [-0.15, -0.1) is 14.9 Å². The average molecular weight is 688 g/mol. The molecule has 0 amide bonds. The lowest BCUT2D eigenvalue weighted by atomic mass is 9.88. The lowest BCUT2D eigenvalue weighted by Gasteiger charge is -2.32. The van der Waals surface area contributed by atoms with Gasteiger partial charge in [-0.1, -0.05) is 95.4 Å². The van der Waals surface area contributed by atoms with Gasteiger partial charge in [0.1, 0.15) is 11.4 Å². The number of aromatic nitrogens is 6. The molecular weight excluding hydrogens is 657 g/mol. The predicted molar refractivity (Wildman–Crippen MR) is 197 cm³/mol. The highest BCUT2D eigenvalue weighted by Gasteiger charge is 2.49. The molecule has 0 bridgehead atoms. The molecule has 2 aliphatic heterocycles. The van der Waals surface area contributed by atoms with Crippen LogP contribution in [0.1, 0.15) is 12.8 Å². The molecule has 8 aromatic rings. The van der Waals surface area contributed by atoms with Gasteiger partial charge in [0.15, 0.2) is 11.5 Å². The molecule has 2 aromatic heterocycles. The highest BCUT2D eigenvalue weighted by molar-refractivity contribution is 7.57. The highest BCUT2D eigenvalue weighted by atomic mass is 31.2. The number of para-hydroxylation sites is 2. The predicted octanol–water partition coefficient (Wildman–Crippen LogP) is 8.06. The second-order valence-electron chi connectivity index (χ2n) is 12.8. The molecule has 11 heteroatoms. The van der Waals surface area contributed by atoms with E-state index in [1.54, 1.807) is 9.36 Å². The van der Waals surface area contributed by atoms with Crippen molar-refractivity contribution in [2.24, 2.45) is 0 Å². The van der Waals surface area contributed by atoms with Crippen LogP contribution in [0, 0.1) is 0 Å². The topological polar surface area (TPSA) is 106 Å². The lowest BCUT2D eigenvalue weighted by Crippen LogP contribution is -2.36. The average Bonchev–Trinajstić information content (AvgIpc) is 3.98. The van der Waals surface area contributed by atoms with Crippen LogP contribution in [-0.4, -0.2) is 47.7 Å². The second kappa shape index (κ2) is 11.8. The number of hydrogen-bond donors (Lipinski definition) is 0. The maximum Gasteiger partial charge on any atom is 0.411 e. The number of hydrogen-bond acceptors (Lipinski definition) is 8. The summed E-state index contributed by atoms with van der Waals surface area (Å²) >= 11 is 0. The van der Waals surface area contributed by atoms with Gasteiger partial charge in [0, 0.05) is 24.2 Å². The van der Waals surface area contributed by atoms with E-state index < -0.39 is 8.09 Å². The van der Waals surface area contributed by atoms with E-state index in [0.717, 1.165) is 56.9 Å². The molecule has 10 rings (SSSR count). The maximum absolute atomic E-state index is 15.5. The summed E-state index contributed by atoms with van der Waals surface area (Å²) in [4.78, 5) is 15.5. The highest BCUT2D eigenvalue weighted by Crippen LogP contribution is 2.66. The van der Waals surface area contributed by atoms with Crippen molar-refractivity contribution in [3.05, 3.63) is 134 Å². The van der Waals surface area contributed by atoms with Gasteiger partial charge in [0.25, 0.3) is 0 Å².